The summed E-state index contributed by atoms with van der Waals surface area (Å²) in [7, 11) is 0. The van der Waals surface area contributed by atoms with Gasteiger partial charge in [-0.15, -0.1) is 0 Å². The third-order valence-electron chi connectivity index (χ3n) is 2.49. The molecule has 0 spiro atoms. The largest absolute Gasteiger partial charge is 0.480 e. The van der Waals surface area contributed by atoms with Gasteiger partial charge < -0.3 is 10.4 Å². The van der Waals surface area contributed by atoms with Crippen LogP contribution in [0.3, 0.4) is 0 Å². The number of hydrogen-bond acceptors (Lipinski definition) is 2. The number of halogens is 2. The average molecular weight is 332 g/mol. The quantitative estimate of drug-likeness (QED) is 0.871. The second kappa shape index (κ2) is 6.65. The van der Waals surface area contributed by atoms with E-state index in [0.29, 0.717) is 10.9 Å². The van der Waals surface area contributed by atoms with E-state index >= 15 is 0 Å². The van der Waals surface area contributed by atoms with Crippen LogP contribution in [0.5, 0.6) is 0 Å². The number of carbonyl (C=O) groups excluding carboxylic acids is 1. The molecule has 0 saturated carbocycles. The molecule has 1 amide bonds. The zero-order valence-electron chi connectivity index (χ0n) is 10.6. The van der Waals surface area contributed by atoms with E-state index in [4.69, 9.17) is 5.11 Å². The minimum absolute atomic E-state index is 0.137. The van der Waals surface area contributed by atoms with Crippen molar-refractivity contribution in [3.05, 3.63) is 34.1 Å². The van der Waals surface area contributed by atoms with Crippen molar-refractivity contribution in [2.24, 2.45) is 5.92 Å². The standard InChI is InChI=1S/C13H15BrFNO3/c1-7(2)5-11(13(18)19)16-12(17)9-4-3-8(15)6-10(9)14/h3-4,6-7,11H,5H2,1-2H3,(H,16,17)(H,18,19)/t11-/m0/s1. The van der Waals surface area contributed by atoms with Crippen LogP contribution in [0.2, 0.25) is 0 Å². The number of carboxylic acids is 1. The summed E-state index contributed by atoms with van der Waals surface area (Å²) in [5.41, 5.74) is 0.205. The van der Waals surface area contributed by atoms with Crippen molar-refractivity contribution < 1.29 is 19.1 Å². The molecule has 0 heterocycles. The fraction of sp³-hybridized carbons (Fsp3) is 0.385. The number of hydrogen-bond donors (Lipinski definition) is 2. The minimum Gasteiger partial charge on any atom is -0.480 e. The Morgan fingerprint density at radius 3 is 2.53 bits per heavy atom. The zero-order valence-corrected chi connectivity index (χ0v) is 12.2. The molecule has 0 saturated heterocycles. The molecule has 0 radical (unpaired) electrons. The van der Waals surface area contributed by atoms with Gasteiger partial charge in [0.2, 0.25) is 0 Å². The first-order valence-electron chi connectivity index (χ1n) is 5.80. The summed E-state index contributed by atoms with van der Waals surface area (Å²) < 4.78 is 13.2. The molecule has 1 aromatic carbocycles. The van der Waals surface area contributed by atoms with Crippen LogP contribution in [0, 0.1) is 11.7 Å². The predicted molar refractivity (Wildman–Crippen MR) is 72.4 cm³/mol. The van der Waals surface area contributed by atoms with Crippen molar-refractivity contribution in [2.45, 2.75) is 26.3 Å². The monoisotopic (exact) mass is 331 g/mol. The third kappa shape index (κ3) is 4.63. The highest BCUT2D eigenvalue weighted by Crippen LogP contribution is 2.18. The van der Waals surface area contributed by atoms with E-state index in [1.54, 1.807) is 0 Å². The van der Waals surface area contributed by atoms with E-state index in [1.807, 2.05) is 13.8 Å². The van der Waals surface area contributed by atoms with Crippen molar-refractivity contribution in [3.8, 4) is 0 Å². The highest BCUT2D eigenvalue weighted by atomic mass is 79.9. The van der Waals surface area contributed by atoms with E-state index < -0.39 is 23.7 Å². The van der Waals surface area contributed by atoms with Gasteiger partial charge in [-0.05, 0) is 46.5 Å². The molecule has 1 atom stereocenters. The second-order valence-corrected chi connectivity index (χ2v) is 5.47. The summed E-state index contributed by atoms with van der Waals surface area (Å²) in [6.45, 7) is 3.74. The Kier molecular flexibility index (Phi) is 5.47. The number of amides is 1. The van der Waals surface area contributed by atoms with Crippen molar-refractivity contribution in [3.63, 3.8) is 0 Å². The number of nitrogens with one attached hydrogen (secondary N) is 1. The van der Waals surface area contributed by atoms with Crippen LogP contribution in [-0.2, 0) is 4.79 Å². The van der Waals surface area contributed by atoms with Gasteiger partial charge in [-0.25, -0.2) is 9.18 Å². The maximum absolute atomic E-state index is 12.9. The lowest BCUT2D eigenvalue weighted by Crippen LogP contribution is -2.41. The van der Waals surface area contributed by atoms with Crippen LogP contribution in [-0.4, -0.2) is 23.0 Å². The Morgan fingerprint density at radius 1 is 1.42 bits per heavy atom. The Labute approximate surface area is 119 Å². The summed E-state index contributed by atoms with van der Waals surface area (Å²) in [6, 6.07) is 2.66. The fourth-order valence-electron chi connectivity index (χ4n) is 1.60. The van der Waals surface area contributed by atoms with Gasteiger partial charge in [-0.1, -0.05) is 13.8 Å². The third-order valence-corrected chi connectivity index (χ3v) is 3.14. The van der Waals surface area contributed by atoms with Gasteiger partial charge in [-0.3, -0.25) is 4.79 Å². The minimum atomic E-state index is -1.08. The molecule has 0 aliphatic carbocycles. The zero-order chi connectivity index (χ0) is 14.6. The van der Waals surface area contributed by atoms with Crippen LogP contribution in [0.4, 0.5) is 4.39 Å². The van der Waals surface area contributed by atoms with Crippen LogP contribution >= 0.6 is 15.9 Å². The summed E-state index contributed by atoms with van der Waals surface area (Å²) in [6.07, 6.45) is 0.333. The highest BCUT2D eigenvalue weighted by Gasteiger charge is 2.22. The predicted octanol–water partition coefficient (Wildman–Crippen LogP) is 2.82. The molecule has 19 heavy (non-hydrogen) atoms. The molecular weight excluding hydrogens is 317 g/mol. The highest BCUT2D eigenvalue weighted by molar-refractivity contribution is 9.10. The lowest BCUT2D eigenvalue weighted by Gasteiger charge is -2.16. The summed E-state index contributed by atoms with van der Waals surface area (Å²) in [4.78, 5) is 23.0. The van der Waals surface area contributed by atoms with Gasteiger partial charge in [-0.2, -0.15) is 0 Å². The van der Waals surface area contributed by atoms with Gasteiger partial charge in [0.05, 0.1) is 5.56 Å². The molecule has 0 fully saturated rings. The van der Waals surface area contributed by atoms with Crippen LogP contribution in [0.25, 0.3) is 0 Å². The average Bonchev–Trinajstić information content (AvgIpc) is 2.26. The van der Waals surface area contributed by atoms with E-state index in [-0.39, 0.29) is 11.5 Å². The fourth-order valence-corrected chi connectivity index (χ4v) is 2.13. The van der Waals surface area contributed by atoms with E-state index in [0.717, 1.165) is 12.1 Å². The number of aliphatic carboxylic acids is 1. The molecule has 0 aliphatic rings. The summed E-state index contributed by atoms with van der Waals surface area (Å²) in [5.74, 6) is -1.96. The number of carboxylic acid groups (broad SMARTS) is 1. The molecule has 6 heteroatoms. The molecular formula is C13H15BrFNO3. The van der Waals surface area contributed by atoms with E-state index in [2.05, 4.69) is 21.2 Å². The van der Waals surface area contributed by atoms with Crippen molar-refractivity contribution in [2.75, 3.05) is 0 Å². The van der Waals surface area contributed by atoms with Gasteiger partial charge in [0.1, 0.15) is 11.9 Å². The van der Waals surface area contributed by atoms with E-state index in [9.17, 15) is 14.0 Å². The van der Waals surface area contributed by atoms with Crippen LogP contribution in [0.15, 0.2) is 22.7 Å². The van der Waals surface area contributed by atoms with Crippen molar-refractivity contribution in [1.82, 2.24) is 5.32 Å². The maximum Gasteiger partial charge on any atom is 0.326 e. The lowest BCUT2D eigenvalue weighted by atomic mass is 10.0. The molecule has 4 nitrogen and oxygen atoms in total. The van der Waals surface area contributed by atoms with Gasteiger partial charge >= 0.3 is 5.97 Å². The molecule has 0 bridgehead atoms. The number of benzene rings is 1. The van der Waals surface area contributed by atoms with Crippen LogP contribution in [0.1, 0.15) is 30.6 Å². The summed E-state index contributed by atoms with van der Waals surface area (Å²) >= 11 is 3.08. The molecule has 0 aliphatic heterocycles. The SMILES string of the molecule is CC(C)C[C@H](NC(=O)c1ccc(F)cc1Br)C(=O)O. The Bertz CT molecular complexity index is 491. The molecule has 0 aromatic heterocycles. The van der Waals surface area contributed by atoms with Crippen LogP contribution < -0.4 is 5.32 Å². The van der Waals surface area contributed by atoms with Gasteiger partial charge in [0.25, 0.3) is 5.91 Å². The molecule has 2 N–H and O–H groups in total. The number of rotatable bonds is 5. The number of carbonyl (C=O) groups is 2. The Hall–Kier alpha value is -1.43. The van der Waals surface area contributed by atoms with Gasteiger partial charge in [0.15, 0.2) is 0 Å². The van der Waals surface area contributed by atoms with Crippen molar-refractivity contribution >= 4 is 27.8 Å². The Balaban J connectivity index is 2.84. The molecule has 1 aromatic rings. The first-order chi connectivity index (χ1) is 8.81. The second-order valence-electron chi connectivity index (χ2n) is 4.62. The smallest absolute Gasteiger partial charge is 0.326 e. The summed E-state index contributed by atoms with van der Waals surface area (Å²) in [5, 5.41) is 11.5. The van der Waals surface area contributed by atoms with Crippen molar-refractivity contribution in [1.29, 1.82) is 0 Å². The van der Waals surface area contributed by atoms with Gasteiger partial charge in [0, 0.05) is 4.47 Å². The normalized spacial score (nSPS) is 12.3. The molecule has 0 unspecified atom stereocenters. The van der Waals surface area contributed by atoms with E-state index in [1.165, 1.54) is 6.07 Å². The first kappa shape index (κ1) is 15.6. The molecule has 104 valence electrons. The Morgan fingerprint density at radius 2 is 2.05 bits per heavy atom. The lowest BCUT2D eigenvalue weighted by molar-refractivity contribution is -0.139. The first-order valence-corrected chi connectivity index (χ1v) is 6.59. The maximum atomic E-state index is 12.9. The molecule has 1 rings (SSSR count). The topological polar surface area (TPSA) is 66.4 Å².